The lowest BCUT2D eigenvalue weighted by Gasteiger charge is -2.13. The number of benzene rings is 2. The lowest BCUT2D eigenvalue weighted by molar-refractivity contribution is -0.115. The SMILES string of the molecule is COc1cc(C)c(NC(=O)Cc2cccc(F)c2)cc1OC. The molecule has 0 aromatic heterocycles. The number of nitrogens with one attached hydrogen (secondary N) is 1. The van der Waals surface area contributed by atoms with E-state index in [0.717, 1.165) is 5.56 Å². The third-order valence-electron chi connectivity index (χ3n) is 3.26. The molecule has 1 N–H and O–H groups in total. The van der Waals surface area contributed by atoms with Crippen LogP contribution in [-0.4, -0.2) is 20.1 Å². The lowest BCUT2D eigenvalue weighted by Crippen LogP contribution is -2.15. The molecule has 2 aromatic carbocycles. The molecule has 22 heavy (non-hydrogen) atoms. The molecule has 0 bridgehead atoms. The van der Waals surface area contributed by atoms with Crippen LogP contribution >= 0.6 is 0 Å². The van der Waals surface area contributed by atoms with Gasteiger partial charge in [0.1, 0.15) is 5.82 Å². The number of halogens is 1. The molecule has 116 valence electrons. The lowest BCUT2D eigenvalue weighted by atomic mass is 10.1. The number of anilines is 1. The summed E-state index contributed by atoms with van der Waals surface area (Å²) in [4.78, 5) is 12.1. The Balaban J connectivity index is 2.14. The van der Waals surface area contributed by atoms with Crippen molar-refractivity contribution in [2.75, 3.05) is 19.5 Å². The highest BCUT2D eigenvalue weighted by Gasteiger charge is 2.11. The smallest absolute Gasteiger partial charge is 0.228 e. The molecule has 0 unspecified atom stereocenters. The average molecular weight is 303 g/mol. The molecule has 0 aliphatic carbocycles. The standard InChI is InChI=1S/C17H18FNO3/c1-11-7-15(21-2)16(22-3)10-14(11)19-17(20)9-12-5-4-6-13(18)8-12/h4-8,10H,9H2,1-3H3,(H,19,20). The Hall–Kier alpha value is -2.56. The molecule has 2 aromatic rings. The van der Waals surface area contributed by atoms with E-state index in [-0.39, 0.29) is 18.1 Å². The van der Waals surface area contributed by atoms with Gasteiger partial charge in [-0.15, -0.1) is 0 Å². The first kappa shape index (κ1) is 15.8. The van der Waals surface area contributed by atoms with Crippen molar-refractivity contribution in [1.29, 1.82) is 0 Å². The molecule has 0 spiro atoms. The minimum absolute atomic E-state index is 0.103. The number of amides is 1. The molecule has 0 heterocycles. The monoisotopic (exact) mass is 303 g/mol. The normalized spacial score (nSPS) is 10.2. The summed E-state index contributed by atoms with van der Waals surface area (Å²) < 4.78 is 23.6. The number of ether oxygens (including phenoxy) is 2. The van der Waals surface area contributed by atoms with Crippen molar-refractivity contribution in [1.82, 2.24) is 0 Å². The summed E-state index contributed by atoms with van der Waals surface area (Å²) in [6.07, 6.45) is 0.103. The topological polar surface area (TPSA) is 47.6 Å². The molecule has 0 saturated heterocycles. The first-order valence-electron chi connectivity index (χ1n) is 6.80. The Kier molecular flexibility index (Phi) is 4.99. The molecule has 0 aliphatic rings. The third-order valence-corrected chi connectivity index (χ3v) is 3.26. The molecule has 0 radical (unpaired) electrons. The number of carbonyl (C=O) groups is 1. The van der Waals surface area contributed by atoms with Crippen LogP contribution in [0, 0.1) is 12.7 Å². The Morgan fingerprint density at radius 2 is 1.82 bits per heavy atom. The van der Waals surface area contributed by atoms with Gasteiger partial charge in [0, 0.05) is 11.8 Å². The first-order valence-corrected chi connectivity index (χ1v) is 6.80. The van der Waals surface area contributed by atoms with Crippen LogP contribution in [0.2, 0.25) is 0 Å². The largest absolute Gasteiger partial charge is 0.493 e. The molecule has 0 atom stereocenters. The van der Waals surface area contributed by atoms with E-state index < -0.39 is 0 Å². The fraction of sp³-hybridized carbons (Fsp3) is 0.235. The molecular formula is C17H18FNO3. The van der Waals surface area contributed by atoms with E-state index >= 15 is 0 Å². The zero-order valence-electron chi connectivity index (χ0n) is 12.8. The average Bonchev–Trinajstić information content (AvgIpc) is 2.48. The predicted molar refractivity (Wildman–Crippen MR) is 83.0 cm³/mol. The van der Waals surface area contributed by atoms with E-state index in [1.807, 2.05) is 6.92 Å². The van der Waals surface area contributed by atoms with Crippen molar-refractivity contribution in [3.05, 3.63) is 53.3 Å². The van der Waals surface area contributed by atoms with E-state index in [4.69, 9.17) is 9.47 Å². The maximum atomic E-state index is 13.1. The van der Waals surface area contributed by atoms with Gasteiger partial charge in [0.15, 0.2) is 11.5 Å². The summed E-state index contributed by atoms with van der Waals surface area (Å²) in [7, 11) is 3.09. The van der Waals surface area contributed by atoms with Gasteiger partial charge in [-0.05, 0) is 36.2 Å². The number of rotatable bonds is 5. The Labute approximate surface area is 128 Å². The van der Waals surface area contributed by atoms with Crippen molar-refractivity contribution in [2.45, 2.75) is 13.3 Å². The molecule has 0 aliphatic heterocycles. The Morgan fingerprint density at radius 1 is 1.14 bits per heavy atom. The van der Waals surface area contributed by atoms with Crippen LogP contribution in [0.25, 0.3) is 0 Å². The Bertz CT molecular complexity index is 686. The van der Waals surface area contributed by atoms with Crippen molar-refractivity contribution in [3.8, 4) is 11.5 Å². The van der Waals surface area contributed by atoms with Crippen LogP contribution in [0.4, 0.5) is 10.1 Å². The maximum absolute atomic E-state index is 13.1. The van der Waals surface area contributed by atoms with Crippen LogP contribution in [0.1, 0.15) is 11.1 Å². The molecule has 0 saturated carbocycles. The van der Waals surface area contributed by atoms with E-state index in [9.17, 15) is 9.18 Å². The fourth-order valence-corrected chi connectivity index (χ4v) is 2.14. The fourth-order valence-electron chi connectivity index (χ4n) is 2.14. The molecule has 4 nitrogen and oxygen atoms in total. The molecule has 1 amide bonds. The minimum atomic E-state index is -0.354. The Morgan fingerprint density at radius 3 is 2.45 bits per heavy atom. The molecule has 5 heteroatoms. The molecular weight excluding hydrogens is 285 g/mol. The van der Waals surface area contributed by atoms with Crippen LogP contribution in [0.5, 0.6) is 11.5 Å². The summed E-state index contributed by atoms with van der Waals surface area (Å²) in [5.41, 5.74) is 2.11. The summed E-state index contributed by atoms with van der Waals surface area (Å²) in [5, 5.41) is 2.81. The third kappa shape index (κ3) is 3.75. The summed E-state index contributed by atoms with van der Waals surface area (Å²) in [5.74, 6) is 0.561. The van der Waals surface area contributed by atoms with Gasteiger partial charge in [-0.25, -0.2) is 4.39 Å². The number of carbonyl (C=O) groups excluding carboxylic acids is 1. The second-order valence-corrected chi connectivity index (χ2v) is 4.88. The van der Waals surface area contributed by atoms with E-state index in [1.165, 1.54) is 19.2 Å². The van der Waals surface area contributed by atoms with Crippen molar-refractivity contribution >= 4 is 11.6 Å². The predicted octanol–water partition coefficient (Wildman–Crippen LogP) is 3.33. The second-order valence-electron chi connectivity index (χ2n) is 4.88. The zero-order valence-corrected chi connectivity index (χ0v) is 12.8. The number of aryl methyl sites for hydroxylation is 1. The van der Waals surface area contributed by atoms with Gasteiger partial charge in [-0.2, -0.15) is 0 Å². The zero-order chi connectivity index (χ0) is 16.1. The highest BCUT2D eigenvalue weighted by atomic mass is 19.1. The van der Waals surface area contributed by atoms with Crippen molar-refractivity contribution < 1.29 is 18.7 Å². The van der Waals surface area contributed by atoms with Crippen LogP contribution in [0.15, 0.2) is 36.4 Å². The quantitative estimate of drug-likeness (QED) is 0.921. The summed E-state index contributed by atoms with van der Waals surface area (Å²) in [6, 6.07) is 9.49. The van der Waals surface area contributed by atoms with Crippen LogP contribution in [0.3, 0.4) is 0 Å². The van der Waals surface area contributed by atoms with Gasteiger partial charge in [0.05, 0.1) is 20.6 Å². The van der Waals surface area contributed by atoms with E-state index in [0.29, 0.717) is 22.7 Å². The van der Waals surface area contributed by atoms with E-state index in [2.05, 4.69) is 5.32 Å². The number of hydrogen-bond donors (Lipinski definition) is 1. The second kappa shape index (κ2) is 6.93. The highest BCUT2D eigenvalue weighted by molar-refractivity contribution is 5.93. The van der Waals surface area contributed by atoms with Gasteiger partial charge >= 0.3 is 0 Å². The first-order chi connectivity index (χ1) is 10.5. The van der Waals surface area contributed by atoms with Gasteiger partial charge < -0.3 is 14.8 Å². The summed E-state index contributed by atoms with van der Waals surface area (Å²) in [6.45, 7) is 1.86. The van der Waals surface area contributed by atoms with Crippen LogP contribution in [-0.2, 0) is 11.2 Å². The van der Waals surface area contributed by atoms with Crippen molar-refractivity contribution in [2.24, 2.45) is 0 Å². The molecule has 2 rings (SSSR count). The maximum Gasteiger partial charge on any atom is 0.228 e. The van der Waals surface area contributed by atoms with Gasteiger partial charge in [-0.1, -0.05) is 12.1 Å². The molecule has 0 fully saturated rings. The highest BCUT2D eigenvalue weighted by Crippen LogP contribution is 2.32. The van der Waals surface area contributed by atoms with Gasteiger partial charge in [0.2, 0.25) is 5.91 Å². The van der Waals surface area contributed by atoms with Crippen LogP contribution < -0.4 is 14.8 Å². The number of methoxy groups -OCH3 is 2. The van der Waals surface area contributed by atoms with E-state index in [1.54, 1.807) is 31.4 Å². The summed E-state index contributed by atoms with van der Waals surface area (Å²) >= 11 is 0. The number of hydrogen-bond acceptors (Lipinski definition) is 3. The van der Waals surface area contributed by atoms with Gasteiger partial charge in [0.25, 0.3) is 0 Å². The van der Waals surface area contributed by atoms with Gasteiger partial charge in [-0.3, -0.25) is 4.79 Å². The minimum Gasteiger partial charge on any atom is -0.493 e. The van der Waals surface area contributed by atoms with Crippen molar-refractivity contribution in [3.63, 3.8) is 0 Å².